The Labute approximate surface area is 126 Å². The molecule has 2 aromatic heterocycles. The normalized spacial score (nSPS) is 10.2. The molecule has 0 saturated heterocycles. The average molecular weight is 292 g/mol. The minimum Gasteiger partial charge on any atom is -0.267 e. The summed E-state index contributed by atoms with van der Waals surface area (Å²) in [5.41, 5.74) is 6.28. The van der Waals surface area contributed by atoms with Crippen molar-refractivity contribution in [3.05, 3.63) is 72.2 Å². The molecule has 108 valence electrons. The van der Waals surface area contributed by atoms with E-state index in [4.69, 9.17) is 0 Å². The van der Waals surface area contributed by atoms with Gasteiger partial charge in [0.2, 0.25) is 0 Å². The third-order valence-corrected chi connectivity index (χ3v) is 3.11. The molecule has 3 rings (SSSR count). The average Bonchev–Trinajstić information content (AvgIpc) is 2.59. The van der Waals surface area contributed by atoms with Crippen LogP contribution in [0.1, 0.15) is 20.7 Å². The number of amides is 2. The molecule has 1 aromatic carbocycles. The number of pyridine rings is 2. The van der Waals surface area contributed by atoms with Gasteiger partial charge in [-0.25, -0.2) is 0 Å². The molecule has 0 unspecified atom stereocenters. The first kappa shape index (κ1) is 13.7. The van der Waals surface area contributed by atoms with E-state index in [1.54, 1.807) is 36.7 Å². The van der Waals surface area contributed by atoms with E-state index < -0.39 is 11.8 Å². The first-order valence-corrected chi connectivity index (χ1v) is 6.60. The predicted molar refractivity (Wildman–Crippen MR) is 80.9 cm³/mol. The molecule has 0 saturated carbocycles. The molecule has 0 bridgehead atoms. The summed E-state index contributed by atoms with van der Waals surface area (Å²) in [6.07, 6.45) is 4.54. The van der Waals surface area contributed by atoms with Crippen molar-refractivity contribution in [3.63, 3.8) is 0 Å². The molecule has 0 atom stereocenters. The van der Waals surface area contributed by atoms with Gasteiger partial charge in [0.15, 0.2) is 0 Å². The number of hydrogen-bond donors (Lipinski definition) is 2. The molecular formula is C16H12N4O2. The number of rotatable bonds is 2. The number of para-hydroxylation sites is 1. The SMILES string of the molecule is O=C(NNC(=O)c1ccnc2ccccc12)c1cccnc1. The molecule has 3 aromatic rings. The number of nitrogens with zero attached hydrogens (tertiary/aromatic N) is 2. The zero-order valence-corrected chi connectivity index (χ0v) is 11.5. The fraction of sp³-hybridized carbons (Fsp3) is 0. The van der Waals surface area contributed by atoms with E-state index in [9.17, 15) is 9.59 Å². The summed E-state index contributed by atoms with van der Waals surface area (Å²) < 4.78 is 0. The Morgan fingerprint density at radius 1 is 0.864 bits per heavy atom. The first-order chi connectivity index (χ1) is 10.8. The summed E-state index contributed by atoms with van der Waals surface area (Å²) in [6, 6.07) is 12.2. The van der Waals surface area contributed by atoms with Gasteiger partial charge in [0.25, 0.3) is 11.8 Å². The molecule has 0 aliphatic carbocycles. The topological polar surface area (TPSA) is 84.0 Å². The minimum absolute atomic E-state index is 0.363. The smallest absolute Gasteiger partial charge is 0.267 e. The van der Waals surface area contributed by atoms with Crippen LogP contribution in [-0.2, 0) is 0 Å². The summed E-state index contributed by atoms with van der Waals surface area (Å²) in [6.45, 7) is 0. The Kier molecular flexibility index (Phi) is 3.74. The molecule has 0 fully saturated rings. The summed E-state index contributed by atoms with van der Waals surface area (Å²) in [5.74, 6) is -0.837. The van der Waals surface area contributed by atoms with Crippen molar-refractivity contribution in [1.82, 2.24) is 20.8 Å². The van der Waals surface area contributed by atoms with Gasteiger partial charge in [0, 0.05) is 24.0 Å². The maximum atomic E-state index is 12.2. The molecule has 0 spiro atoms. The Hall–Kier alpha value is -3.28. The molecule has 6 heteroatoms. The maximum Gasteiger partial charge on any atom is 0.271 e. The standard InChI is InChI=1S/C16H12N4O2/c21-15(11-4-3-8-17-10-11)19-20-16(22)13-7-9-18-14-6-2-1-5-12(13)14/h1-10H,(H,19,21)(H,20,22). The van der Waals surface area contributed by atoms with Crippen LogP contribution in [0.2, 0.25) is 0 Å². The fourth-order valence-electron chi connectivity index (χ4n) is 2.04. The van der Waals surface area contributed by atoms with Crippen molar-refractivity contribution in [3.8, 4) is 0 Å². The molecule has 2 N–H and O–H groups in total. The quantitative estimate of drug-likeness (QED) is 0.704. The van der Waals surface area contributed by atoms with Crippen LogP contribution < -0.4 is 10.9 Å². The third kappa shape index (κ3) is 2.76. The fourth-order valence-corrected chi connectivity index (χ4v) is 2.04. The van der Waals surface area contributed by atoms with Crippen LogP contribution in [0.15, 0.2) is 61.1 Å². The first-order valence-electron chi connectivity index (χ1n) is 6.60. The lowest BCUT2D eigenvalue weighted by atomic mass is 10.1. The molecule has 2 heterocycles. The van der Waals surface area contributed by atoms with Crippen molar-refractivity contribution in [1.29, 1.82) is 0 Å². The highest BCUT2D eigenvalue weighted by molar-refractivity contribution is 6.07. The number of nitrogens with one attached hydrogen (secondary N) is 2. The van der Waals surface area contributed by atoms with Gasteiger partial charge in [0.05, 0.1) is 16.6 Å². The zero-order valence-electron chi connectivity index (χ0n) is 11.5. The lowest BCUT2D eigenvalue weighted by molar-refractivity contribution is 0.0847. The van der Waals surface area contributed by atoms with Gasteiger partial charge in [0.1, 0.15) is 0 Å². The highest BCUT2D eigenvalue weighted by Gasteiger charge is 2.12. The lowest BCUT2D eigenvalue weighted by Gasteiger charge is -2.08. The van der Waals surface area contributed by atoms with Crippen LogP contribution in [0.5, 0.6) is 0 Å². The Morgan fingerprint density at radius 2 is 1.68 bits per heavy atom. The molecule has 22 heavy (non-hydrogen) atoms. The molecule has 2 amide bonds. The van der Waals surface area contributed by atoms with Crippen molar-refractivity contribution in [2.75, 3.05) is 0 Å². The van der Waals surface area contributed by atoms with Gasteiger partial charge in [-0.1, -0.05) is 18.2 Å². The van der Waals surface area contributed by atoms with E-state index in [1.807, 2.05) is 18.2 Å². The highest BCUT2D eigenvalue weighted by Crippen LogP contribution is 2.15. The molecule has 0 aliphatic heterocycles. The summed E-state index contributed by atoms with van der Waals surface area (Å²) >= 11 is 0. The second kappa shape index (κ2) is 6.01. The van der Waals surface area contributed by atoms with Gasteiger partial charge >= 0.3 is 0 Å². The van der Waals surface area contributed by atoms with E-state index >= 15 is 0 Å². The van der Waals surface area contributed by atoms with Crippen LogP contribution in [0.3, 0.4) is 0 Å². The van der Waals surface area contributed by atoms with Crippen LogP contribution in [0.4, 0.5) is 0 Å². The van der Waals surface area contributed by atoms with E-state index in [0.717, 1.165) is 5.39 Å². The Morgan fingerprint density at radius 3 is 2.50 bits per heavy atom. The van der Waals surface area contributed by atoms with Crippen molar-refractivity contribution >= 4 is 22.7 Å². The van der Waals surface area contributed by atoms with Gasteiger partial charge in [-0.2, -0.15) is 0 Å². The van der Waals surface area contributed by atoms with E-state index in [2.05, 4.69) is 20.8 Å². The van der Waals surface area contributed by atoms with Gasteiger partial charge in [-0.15, -0.1) is 0 Å². The van der Waals surface area contributed by atoms with Crippen LogP contribution in [0.25, 0.3) is 10.9 Å². The van der Waals surface area contributed by atoms with Gasteiger partial charge in [-0.05, 0) is 24.3 Å². The Balaban J connectivity index is 1.76. The number of carbonyl (C=O) groups is 2. The second-order valence-corrected chi connectivity index (χ2v) is 4.53. The van der Waals surface area contributed by atoms with Crippen LogP contribution in [-0.4, -0.2) is 21.8 Å². The number of aromatic nitrogens is 2. The van der Waals surface area contributed by atoms with E-state index in [0.29, 0.717) is 16.6 Å². The molecule has 6 nitrogen and oxygen atoms in total. The number of hydrazine groups is 1. The zero-order chi connectivity index (χ0) is 15.4. The van der Waals surface area contributed by atoms with E-state index in [-0.39, 0.29) is 0 Å². The highest BCUT2D eigenvalue weighted by atomic mass is 16.2. The number of fused-ring (bicyclic) bond motifs is 1. The van der Waals surface area contributed by atoms with Gasteiger partial charge in [-0.3, -0.25) is 30.4 Å². The van der Waals surface area contributed by atoms with Crippen molar-refractivity contribution in [2.45, 2.75) is 0 Å². The summed E-state index contributed by atoms with van der Waals surface area (Å²) in [7, 11) is 0. The van der Waals surface area contributed by atoms with Crippen LogP contribution >= 0.6 is 0 Å². The second-order valence-electron chi connectivity index (χ2n) is 4.53. The van der Waals surface area contributed by atoms with Crippen molar-refractivity contribution < 1.29 is 9.59 Å². The Bertz CT molecular complexity index is 828. The summed E-state index contributed by atoms with van der Waals surface area (Å²) in [5, 5.41) is 0.720. The largest absolute Gasteiger partial charge is 0.271 e. The molecule has 0 aliphatic rings. The lowest BCUT2D eigenvalue weighted by Crippen LogP contribution is -2.41. The summed E-state index contributed by atoms with van der Waals surface area (Å²) in [4.78, 5) is 32.1. The number of carbonyl (C=O) groups excluding carboxylic acids is 2. The molecular weight excluding hydrogens is 280 g/mol. The van der Waals surface area contributed by atoms with Gasteiger partial charge < -0.3 is 0 Å². The maximum absolute atomic E-state index is 12.2. The van der Waals surface area contributed by atoms with E-state index in [1.165, 1.54) is 6.20 Å². The number of hydrogen-bond acceptors (Lipinski definition) is 4. The van der Waals surface area contributed by atoms with Crippen molar-refractivity contribution in [2.24, 2.45) is 0 Å². The third-order valence-electron chi connectivity index (χ3n) is 3.11. The predicted octanol–water partition coefficient (Wildman–Crippen LogP) is 1.70. The number of benzene rings is 1. The minimum atomic E-state index is -0.431. The molecule has 0 radical (unpaired) electrons. The monoisotopic (exact) mass is 292 g/mol. The van der Waals surface area contributed by atoms with Crippen LogP contribution in [0, 0.1) is 0 Å².